The number of alkyl halides is 3. The third kappa shape index (κ3) is 5.81. The Kier molecular flexibility index (Phi) is 6.86. The number of nitro benzene ring substituents is 2. The van der Waals surface area contributed by atoms with Crippen LogP contribution >= 0.6 is 0 Å². The Labute approximate surface area is 184 Å². The van der Waals surface area contributed by atoms with Crippen LogP contribution in [0.5, 0.6) is 11.5 Å². The van der Waals surface area contributed by atoms with Crippen LogP contribution in [0.15, 0.2) is 71.9 Å². The summed E-state index contributed by atoms with van der Waals surface area (Å²) in [6.45, 7) is 0.149. The van der Waals surface area contributed by atoms with Crippen molar-refractivity contribution in [2.45, 2.75) is 12.8 Å². The monoisotopic (exact) mass is 461 g/mol. The second-order valence-corrected chi connectivity index (χ2v) is 6.49. The van der Waals surface area contributed by atoms with E-state index in [1.165, 1.54) is 24.4 Å². The minimum Gasteiger partial charge on any atom is -0.443 e. The zero-order chi connectivity index (χ0) is 24.0. The van der Waals surface area contributed by atoms with Crippen LogP contribution in [0.3, 0.4) is 0 Å². The van der Waals surface area contributed by atoms with Crippen LogP contribution in [0.1, 0.15) is 16.7 Å². The van der Waals surface area contributed by atoms with Crippen molar-refractivity contribution in [1.29, 1.82) is 0 Å². The molecule has 3 aromatic rings. The smallest absolute Gasteiger partial charge is 0.416 e. The molecule has 0 saturated heterocycles. The minimum absolute atomic E-state index is 0.115. The van der Waals surface area contributed by atoms with Gasteiger partial charge in [-0.1, -0.05) is 47.6 Å². The molecule has 12 heteroatoms. The molecule has 33 heavy (non-hydrogen) atoms. The van der Waals surface area contributed by atoms with Gasteiger partial charge >= 0.3 is 17.6 Å². The number of halogens is 3. The first-order chi connectivity index (χ1) is 15.7. The molecule has 0 heterocycles. The Morgan fingerprint density at radius 3 is 2.06 bits per heavy atom. The number of nitro groups is 2. The normalized spacial score (nSPS) is 11.4. The molecular weight excluding hydrogens is 447 g/mol. The summed E-state index contributed by atoms with van der Waals surface area (Å²) < 4.78 is 44.6. The van der Waals surface area contributed by atoms with Crippen LogP contribution in [-0.4, -0.2) is 16.1 Å². The summed E-state index contributed by atoms with van der Waals surface area (Å²) in [5.41, 5.74) is -2.89. The van der Waals surface area contributed by atoms with E-state index >= 15 is 0 Å². The number of benzene rings is 3. The van der Waals surface area contributed by atoms with Crippen molar-refractivity contribution in [3.63, 3.8) is 0 Å². The molecule has 3 aromatic carbocycles. The molecule has 0 aromatic heterocycles. The quantitative estimate of drug-likeness (QED) is 0.235. The first-order valence-electron chi connectivity index (χ1n) is 9.17. The van der Waals surface area contributed by atoms with Crippen LogP contribution < -0.4 is 4.74 Å². The second kappa shape index (κ2) is 9.77. The van der Waals surface area contributed by atoms with Gasteiger partial charge < -0.3 is 9.57 Å². The van der Waals surface area contributed by atoms with Gasteiger partial charge in [-0.15, -0.1) is 0 Å². The van der Waals surface area contributed by atoms with Crippen molar-refractivity contribution in [2.75, 3.05) is 0 Å². The summed E-state index contributed by atoms with van der Waals surface area (Å²) >= 11 is 0. The maximum absolute atomic E-state index is 13.1. The van der Waals surface area contributed by atoms with Crippen molar-refractivity contribution in [2.24, 2.45) is 5.16 Å². The Morgan fingerprint density at radius 1 is 0.909 bits per heavy atom. The summed E-state index contributed by atoms with van der Waals surface area (Å²) in [6, 6.07) is 15.3. The minimum atomic E-state index is -5.03. The molecule has 0 amide bonds. The fourth-order valence-corrected chi connectivity index (χ4v) is 2.71. The van der Waals surface area contributed by atoms with Crippen LogP contribution in [0, 0.1) is 20.2 Å². The van der Waals surface area contributed by atoms with Gasteiger partial charge in [0.05, 0.1) is 21.6 Å². The highest BCUT2D eigenvalue weighted by atomic mass is 19.4. The van der Waals surface area contributed by atoms with E-state index in [4.69, 9.17) is 9.57 Å². The van der Waals surface area contributed by atoms with E-state index in [2.05, 4.69) is 5.16 Å². The highest BCUT2D eigenvalue weighted by Gasteiger charge is 2.38. The lowest BCUT2D eigenvalue weighted by molar-refractivity contribution is -0.396. The maximum atomic E-state index is 13.1. The Balaban J connectivity index is 1.94. The molecule has 9 nitrogen and oxygen atoms in total. The summed E-state index contributed by atoms with van der Waals surface area (Å²) in [6.07, 6.45) is -3.82. The summed E-state index contributed by atoms with van der Waals surface area (Å²) in [5.74, 6) is -1.06. The van der Waals surface area contributed by atoms with Crippen molar-refractivity contribution >= 4 is 17.6 Å². The first-order valence-corrected chi connectivity index (χ1v) is 9.17. The number of nitrogens with zero attached hydrogens (tertiary/aromatic N) is 3. The first kappa shape index (κ1) is 23.2. The molecule has 0 aliphatic heterocycles. The molecule has 0 aliphatic rings. The van der Waals surface area contributed by atoms with Gasteiger partial charge in [-0.25, -0.2) is 0 Å². The standard InChI is InChI=1S/C21H14F3N3O6/c22-21(23,24)16-10-17(26(28)29)20(18(11-16)27(30)31)33-19-9-5-4-8-15(19)12-25-32-13-14-6-2-1-3-7-14/h1-12H,13H2/b25-12-. The van der Waals surface area contributed by atoms with Crippen molar-refractivity contribution in [3.8, 4) is 11.5 Å². The number of ether oxygens (including phenoxy) is 1. The molecule has 0 atom stereocenters. The molecule has 3 rings (SSSR count). The number of rotatable bonds is 8. The molecule has 0 bridgehead atoms. The third-order valence-electron chi connectivity index (χ3n) is 4.24. The van der Waals surface area contributed by atoms with Gasteiger partial charge in [-0.3, -0.25) is 20.2 Å². The number of para-hydroxylation sites is 1. The van der Waals surface area contributed by atoms with E-state index in [9.17, 15) is 33.4 Å². The van der Waals surface area contributed by atoms with Gasteiger partial charge in [0.1, 0.15) is 12.4 Å². The molecule has 170 valence electrons. The topological polar surface area (TPSA) is 117 Å². The average Bonchev–Trinajstić information content (AvgIpc) is 2.77. The van der Waals surface area contributed by atoms with Gasteiger partial charge in [0, 0.05) is 17.7 Å². The summed E-state index contributed by atoms with van der Waals surface area (Å²) in [4.78, 5) is 25.6. The summed E-state index contributed by atoms with van der Waals surface area (Å²) in [5, 5.41) is 26.6. The van der Waals surface area contributed by atoms with Crippen LogP contribution in [-0.2, 0) is 17.6 Å². The lowest BCUT2D eigenvalue weighted by atomic mass is 10.1. The van der Waals surface area contributed by atoms with Gasteiger partial charge in [-0.05, 0) is 17.7 Å². The Morgan fingerprint density at radius 2 is 1.48 bits per heavy atom. The van der Waals surface area contributed by atoms with Crippen LogP contribution in [0.2, 0.25) is 0 Å². The van der Waals surface area contributed by atoms with E-state index in [0.29, 0.717) is 0 Å². The van der Waals surface area contributed by atoms with E-state index in [0.717, 1.165) is 5.56 Å². The zero-order valence-corrected chi connectivity index (χ0v) is 16.6. The molecular formula is C21H14F3N3O6. The van der Waals surface area contributed by atoms with E-state index in [-0.39, 0.29) is 30.1 Å². The SMILES string of the molecule is O=[N+]([O-])c1cc(C(F)(F)F)cc([N+](=O)[O-])c1Oc1ccccc1/C=N\OCc1ccccc1. The molecule has 0 N–H and O–H groups in total. The lowest BCUT2D eigenvalue weighted by Crippen LogP contribution is -2.08. The highest BCUT2D eigenvalue weighted by Crippen LogP contribution is 2.44. The van der Waals surface area contributed by atoms with E-state index in [1.807, 2.05) is 30.3 Å². The van der Waals surface area contributed by atoms with Crippen molar-refractivity contribution in [3.05, 3.63) is 104 Å². The van der Waals surface area contributed by atoms with Crippen molar-refractivity contribution < 1.29 is 32.6 Å². The Hall–Kier alpha value is -4.48. The maximum Gasteiger partial charge on any atom is 0.416 e. The predicted octanol–water partition coefficient (Wildman–Crippen LogP) is 5.86. The second-order valence-electron chi connectivity index (χ2n) is 6.49. The summed E-state index contributed by atoms with van der Waals surface area (Å²) in [7, 11) is 0. The van der Waals surface area contributed by atoms with E-state index < -0.39 is 38.7 Å². The van der Waals surface area contributed by atoms with Crippen LogP contribution in [0.4, 0.5) is 24.5 Å². The van der Waals surface area contributed by atoms with Crippen molar-refractivity contribution in [1.82, 2.24) is 0 Å². The fraction of sp³-hybridized carbons (Fsp3) is 0.0952. The lowest BCUT2D eigenvalue weighted by Gasteiger charge is -2.12. The van der Waals surface area contributed by atoms with E-state index in [1.54, 1.807) is 6.07 Å². The average molecular weight is 461 g/mol. The third-order valence-corrected chi connectivity index (χ3v) is 4.24. The fourth-order valence-electron chi connectivity index (χ4n) is 2.71. The number of oxime groups is 1. The Bertz CT molecular complexity index is 1160. The predicted molar refractivity (Wildman–Crippen MR) is 110 cm³/mol. The molecule has 0 radical (unpaired) electrons. The van der Waals surface area contributed by atoms with Gasteiger partial charge in [0.15, 0.2) is 0 Å². The number of hydrogen-bond acceptors (Lipinski definition) is 7. The molecule has 0 aliphatic carbocycles. The van der Waals surface area contributed by atoms with Gasteiger partial charge in [-0.2, -0.15) is 13.2 Å². The molecule has 0 fully saturated rings. The van der Waals surface area contributed by atoms with Gasteiger partial charge in [0.2, 0.25) is 0 Å². The number of hydrogen-bond donors (Lipinski definition) is 0. The van der Waals surface area contributed by atoms with Gasteiger partial charge in [0.25, 0.3) is 5.75 Å². The highest BCUT2D eigenvalue weighted by molar-refractivity contribution is 5.83. The van der Waals surface area contributed by atoms with Crippen LogP contribution in [0.25, 0.3) is 0 Å². The molecule has 0 saturated carbocycles. The zero-order valence-electron chi connectivity index (χ0n) is 16.6. The molecule has 0 unspecified atom stereocenters. The molecule has 0 spiro atoms. The largest absolute Gasteiger partial charge is 0.443 e.